The van der Waals surface area contributed by atoms with Crippen LogP contribution >= 0.6 is 12.2 Å². The number of hydrogen-bond donors (Lipinski definition) is 2. The first-order chi connectivity index (χ1) is 9.33. The molecule has 0 unspecified atom stereocenters. The molecule has 0 atom stereocenters. The van der Waals surface area contributed by atoms with Crippen LogP contribution < -0.4 is 10.3 Å². The fourth-order valence-corrected chi connectivity index (χ4v) is 2.50. The van der Waals surface area contributed by atoms with Crippen molar-refractivity contribution in [2.45, 2.75) is 19.4 Å². The van der Waals surface area contributed by atoms with Crippen LogP contribution in [0.5, 0.6) is 0 Å². The number of aromatic nitrogens is 3. The molecule has 2 aromatic rings. The van der Waals surface area contributed by atoms with Gasteiger partial charge in [0.1, 0.15) is 6.33 Å². The van der Waals surface area contributed by atoms with Crippen molar-refractivity contribution in [3.63, 3.8) is 0 Å². The lowest BCUT2D eigenvalue weighted by molar-refractivity contribution is 0.824. The molecule has 0 spiro atoms. The van der Waals surface area contributed by atoms with E-state index in [9.17, 15) is 0 Å². The fourth-order valence-electron chi connectivity index (χ4n) is 2.34. The maximum atomic E-state index is 5.07. The third kappa shape index (κ3) is 2.78. The van der Waals surface area contributed by atoms with Gasteiger partial charge in [-0.2, -0.15) is 5.10 Å². The molecule has 1 aliphatic heterocycles. The predicted molar refractivity (Wildman–Crippen MR) is 78.4 cm³/mol. The summed E-state index contributed by atoms with van der Waals surface area (Å²) >= 11 is 5.07. The average Bonchev–Trinajstić information content (AvgIpc) is 3.09. The lowest BCUT2D eigenvalue weighted by atomic mass is 10.2. The molecule has 1 aromatic heterocycles. The van der Waals surface area contributed by atoms with Crippen LogP contribution in [0, 0.1) is 4.77 Å². The number of rotatable bonds is 4. The van der Waals surface area contributed by atoms with Crippen LogP contribution in [-0.2, 0) is 6.54 Å². The summed E-state index contributed by atoms with van der Waals surface area (Å²) in [6, 6.07) is 8.70. The quantitative estimate of drug-likeness (QED) is 0.841. The van der Waals surface area contributed by atoms with Gasteiger partial charge in [-0.3, -0.25) is 5.10 Å². The molecule has 2 N–H and O–H groups in total. The van der Waals surface area contributed by atoms with Crippen LogP contribution in [0.1, 0.15) is 18.4 Å². The molecular weight excluding hydrogens is 258 g/mol. The number of nitrogens with one attached hydrogen (secondary N) is 2. The average molecular weight is 275 g/mol. The summed E-state index contributed by atoms with van der Waals surface area (Å²) in [7, 11) is 0. The summed E-state index contributed by atoms with van der Waals surface area (Å²) in [5.41, 5.74) is 5.75. The third-order valence-corrected chi connectivity index (χ3v) is 3.70. The molecule has 1 fully saturated rings. The Bertz CT molecular complexity index is 580. The van der Waals surface area contributed by atoms with Gasteiger partial charge < -0.3 is 10.3 Å². The maximum Gasteiger partial charge on any atom is 0.214 e. The lowest BCUT2D eigenvalue weighted by Crippen LogP contribution is -2.17. The molecule has 2 heterocycles. The van der Waals surface area contributed by atoms with Gasteiger partial charge in [0.05, 0.1) is 6.54 Å². The Morgan fingerprint density at radius 1 is 1.21 bits per heavy atom. The van der Waals surface area contributed by atoms with Gasteiger partial charge in [0.2, 0.25) is 4.77 Å². The van der Waals surface area contributed by atoms with Crippen molar-refractivity contribution in [1.82, 2.24) is 14.9 Å². The van der Waals surface area contributed by atoms with Crippen molar-refractivity contribution in [2.75, 3.05) is 23.4 Å². The van der Waals surface area contributed by atoms with Crippen molar-refractivity contribution >= 4 is 17.9 Å². The fraction of sp³-hybridized carbons (Fsp3) is 0.385. The normalized spacial score (nSPS) is 14.8. The van der Waals surface area contributed by atoms with Crippen LogP contribution in [0.2, 0.25) is 0 Å². The zero-order chi connectivity index (χ0) is 13.1. The molecule has 0 amide bonds. The van der Waals surface area contributed by atoms with Crippen molar-refractivity contribution < 1.29 is 0 Å². The standard InChI is InChI=1S/C13H17N5S/c19-13-16-14-10-18(13)15-9-11-3-5-12(6-4-11)17-7-1-2-8-17/h3-6,10,15H,1-2,7-9H2,(H,16,19). The SMILES string of the molecule is S=c1[nH]ncn1NCc1ccc(N2CCCC2)cc1. The minimum atomic E-state index is 0.577. The van der Waals surface area contributed by atoms with Crippen LogP contribution in [0.15, 0.2) is 30.6 Å². The highest BCUT2D eigenvalue weighted by atomic mass is 32.1. The molecule has 0 aliphatic carbocycles. The Morgan fingerprint density at radius 3 is 2.58 bits per heavy atom. The number of anilines is 1. The Hall–Kier alpha value is -1.82. The highest BCUT2D eigenvalue weighted by Gasteiger charge is 2.11. The summed E-state index contributed by atoms with van der Waals surface area (Å²) in [5, 5.41) is 6.57. The van der Waals surface area contributed by atoms with Gasteiger partial charge >= 0.3 is 0 Å². The number of aromatic amines is 1. The molecule has 5 nitrogen and oxygen atoms in total. The van der Waals surface area contributed by atoms with Crippen molar-refractivity contribution in [3.05, 3.63) is 40.9 Å². The molecule has 100 valence electrons. The number of nitrogens with zero attached hydrogens (tertiary/aromatic N) is 3. The van der Waals surface area contributed by atoms with Gasteiger partial charge in [0.15, 0.2) is 0 Å². The maximum absolute atomic E-state index is 5.07. The van der Waals surface area contributed by atoms with Crippen LogP contribution in [0.3, 0.4) is 0 Å². The van der Waals surface area contributed by atoms with E-state index in [4.69, 9.17) is 12.2 Å². The molecule has 1 aliphatic rings. The Kier molecular flexibility index (Phi) is 3.50. The van der Waals surface area contributed by atoms with Crippen LogP contribution in [-0.4, -0.2) is 28.0 Å². The Balaban J connectivity index is 1.62. The summed E-state index contributed by atoms with van der Waals surface area (Å²) in [6.45, 7) is 3.09. The van der Waals surface area contributed by atoms with E-state index in [1.54, 1.807) is 11.0 Å². The second-order valence-corrected chi connectivity index (χ2v) is 5.11. The smallest absolute Gasteiger partial charge is 0.214 e. The number of H-pyrrole nitrogens is 1. The van der Waals surface area contributed by atoms with Gasteiger partial charge in [-0.1, -0.05) is 12.1 Å². The minimum Gasteiger partial charge on any atom is -0.372 e. The first-order valence-corrected chi connectivity index (χ1v) is 6.93. The zero-order valence-corrected chi connectivity index (χ0v) is 11.5. The highest BCUT2D eigenvalue weighted by molar-refractivity contribution is 7.71. The molecule has 3 rings (SSSR count). The van der Waals surface area contributed by atoms with Gasteiger partial charge in [0, 0.05) is 18.8 Å². The number of benzene rings is 1. The summed E-state index contributed by atoms with van der Waals surface area (Å²) in [6.07, 6.45) is 4.25. The molecule has 0 saturated carbocycles. The second kappa shape index (κ2) is 5.44. The van der Waals surface area contributed by atoms with Crippen molar-refractivity contribution in [2.24, 2.45) is 0 Å². The Morgan fingerprint density at radius 2 is 1.95 bits per heavy atom. The topological polar surface area (TPSA) is 48.9 Å². The molecule has 6 heteroatoms. The predicted octanol–water partition coefficient (Wildman–Crippen LogP) is 2.28. The van der Waals surface area contributed by atoms with Crippen molar-refractivity contribution in [3.8, 4) is 0 Å². The van der Waals surface area contributed by atoms with E-state index < -0.39 is 0 Å². The summed E-state index contributed by atoms with van der Waals surface area (Å²) in [5.74, 6) is 0. The van der Waals surface area contributed by atoms with Crippen molar-refractivity contribution in [1.29, 1.82) is 0 Å². The van der Waals surface area contributed by atoms with E-state index in [1.807, 2.05) is 0 Å². The largest absolute Gasteiger partial charge is 0.372 e. The molecular formula is C13H17N5S. The van der Waals surface area contributed by atoms with Crippen LogP contribution in [0.25, 0.3) is 0 Å². The van der Waals surface area contributed by atoms with E-state index in [0.717, 1.165) is 6.54 Å². The third-order valence-electron chi connectivity index (χ3n) is 3.41. The van der Waals surface area contributed by atoms with Gasteiger partial charge in [-0.15, -0.1) is 0 Å². The molecule has 19 heavy (non-hydrogen) atoms. The van der Waals surface area contributed by atoms with Gasteiger partial charge in [-0.25, -0.2) is 4.68 Å². The van der Waals surface area contributed by atoms with E-state index in [-0.39, 0.29) is 0 Å². The van der Waals surface area contributed by atoms with Crippen LogP contribution in [0.4, 0.5) is 5.69 Å². The summed E-state index contributed by atoms with van der Waals surface area (Å²) in [4.78, 5) is 2.43. The zero-order valence-electron chi connectivity index (χ0n) is 10.7. The first-order valence-electron chi connectivity index (χ1n) is 6.53. The second-order valence-electron chi connectivity index (χ2n) is 4.73. The first kappa shape index (κ1) is 12.2. The van der Waals surface area contributed by atoms with Gasteiger partial charge in [0.25, 0.3) is 0 Å². The lowest BCUT2D eigenvalue weighted by Gasteiger charge is -2.17. The molecule has 0 radical (unpaired) electrons. The van der Waals surface area contributed by atoms with E-state index in [2.05, 4.69) is 44.8 Å². The monoisotopic (exact) mass is 275 g/mol. The van der Waals surface area contributed by atoms with E-state index in [1.165, 1.54) is 37.2 Å². The van der Waals surface area contributed by atoms with E-state index in [0.29, 0.717) is 4.77 Å². The molecule has 1 saturated heterocycles. The van der Waals surface area contributed by atoms with Gasteiger partial charge in [-0.05, 0) is 42.8 Å². The number of hydrogen-bond acceptors (Lipinski definition) is 4. The minimum absolute atomic E-state index is 0.577. The van der Waals surface area contributed by atoms with E-state index >= 15 is 0 Å². The molecule has 0 bridgehead atoms. The molecule has 1 aromatic carbocycles. The Labute approximate surface area is 117 Å². The summed E-state index contributed by atoms with van der Waals surface area (Å²) < 4.78 is 2.29. The highest BCUT2D eigenvalue weighted by Crippen LogP contribution is 2.20.